The Hall–Kier alpha value is -0.260. The lowest BCUT2D eigenvalue weighted by Gasteiger charge is -2.52. The Labute approximate surface area is 101 Å². The van der Waals surface area contributed by atoms with Gasteiger partial charge in [-0.25, -0.2) is 0 Å². The van der Waals surface area contributed by atoms with Gasteiger partial charge >= 0.3 is 0 Å². The first-order chi connectivity index (χ1) is 7.30. The predicted octanol–water partition coefficient (Wildman–Crippen LogP) is 4.81. The SMILES string of the molecule is CC1C=C2C(C)(C)C3CCC2(C3)C(C)(C)C1. The third kappa shape index (κ3) is 1.02. The molecule has 0 heterocycles. The van der Waals surface area contributed by atoms with Crippen LogP contribution in [0.2, 0.25) is 0 Å². The lowest BCUT2D eigenvalue weighted by atomic mass is 9.52. The topological polar surface area (TPSA) is 0 Å². The zero-order valence-corrected chi connectivity index (χ0v) is 11.6. The Kier molecular flexibility index (Phi) is 1.88. The number of fused-ring (bicyclic) bond motifs is 1. The fourth-order valence-electron chi connectivity index (χ4n) is 5.44. The molecule has 0 aliphatic heterocycles. The van der Waals surface area contributed by atoms with E-state index in [9.17, 15) is 0 Å². The smallest absolute Gasteiger partial charge is 0.00282 e. The number of hydrogen-bond donors (Lipinski definition) is 0. The molecule has 0 aromatic heterocycles. The van der Waals surface area contributed by atoms with E-state index in [1.54, 1.807) is 0 Å². The first kappa shape index (κ1) is 10.9. The van der Waals surface area contributed by atoms with Crippen molar-refractivity contribution in [2.24, 2.45) is 28.1 Å². The minimum Gasteiger partial charge on any atom is -0.0813 e. The molecule has 3 rings (SSSR count). The largest absolute Gasteiger partial charge is 0.0813 e. The van der Waals surface area contributed by atoms with Crippen molar-refractivity contribution < 1.29 is 0 Å². The third-order valence-electron chi connectivity index (χ3n) is 6.32. The fraction of sp³-hybridized carbons (Fsp3) is 0.875. The van der Waals surface area contributed by atoms with Gasteiger partial charge in [-0.1, -0.05) is 46.3 Å². The van der Waals surface area contributed by atoms with Crippen LogP contribution >= 0.6 is 0 Å². The highest BCUT2D eigenvalue weighted by Crippen LogP contribution is 2.74. The molecule has 0 heteroatoms. The van der Waals surface area contributed by atoms with Gasteiger partial charge < -0.3 is 0 Å². The van der Waals surface area contributed by atoms with E-state index < -0.39 is 0 Å². The molecule has 0 aromatic carbocycles. The lowest BCUT2D eigenvalue weighted by Crippen LogP contribution is -2.43. The first-order valence-corrected chi connectivity index (χ1v) is 7.02. The van der Waals surface area contributed by atoms with Crippen molar-refractivity contribution in [1.82, 2.24) is 0 Å². The second-order valence-corrected chi connectivity index (χ2v) is 7.89. The van der Waals surface area contributed by atoms with Gasteiger partial charge in [-0.2, -0.15) is 0 Å². The summed E-state index contributed by atoms with van der Waals surface area (Å²) >= 11 is 0. The van der Waals surface area contributed by atoms with Crippen LogP contribution in [0.15, 0.2) is 11.6 Å². The average Bonchev–Trinajstić information content (AvgIpc) is 2.63. The molecular formula is C16H26. The van der Waals surface area contributed by atoms with Crippen molar-refractivity contribution in [1.29, 1.82) is 0 Å². The molecule has 0 N–H and O–H groups in total. The van der Waals surface area contributed by atoms with Crippen LogP contribution < -0.4 is 0 Å². The molecule has 1 spiro atoms. The van der Waals surface area contributed by atoms with E-state index in [-0.39, 0.29) is 0 Å². The molecule has 90 valence electrons. The highest BCUT2D eigenvalue weighted by atomic mass is 14.7. The van der Waals surface area contributed by atoms with Gasteiger partial charge in [-0.05, 0) is 53.8 Å². The zero-order valence-electron chi connectivity index (χ0n) is 11.6. The van der Waals surface area contributed by atoms with Crippen LogP contribution in [0.25, 0.3) is 0 Å². The van der Waals surface area contributed by atoms with E-state index in [0.717, 1.165) is 11.8 Å². The summed E-state index contributed by atoms with van der Waals surface area (Å²) in [7, 11) is 0. The van der Waals surface area contributed by atoms with E-state index in [1.165, 1.54) is 25.7 Å². The normalized spacial score (nSPS) is 47.7. The number of hydrogen-bond acceptors (Lipinski definition) is 0. The van der Waals surface area contributed by atoms with Gasteiger partial charge in [0, 0.05) is 0 Å². The molecule has 2 fully saturated rings. The second-order valence-electron chi connectivity index (χ2n) is 7.89. The molecule has 0 nitrogen and oxygen atoms in total. The molecule has 16 heavy (non-hydrogen) atoms. The fourth-order valence-corrected chi connectivity index (χ4v) is 5.44. The minimum atomic E-state index is 0.490. The van der Waals surface area contributed by atoms with E-state index in [2.05, 4.69) is 40.7 Å². The predicted molar refractivity (Wildman–Crippen MR) is 69.2 cm³/mol. The summed E-state index contributed by atoms with van der Waals surface area (Å²) in [6.07, 6.45) is 8.45. The van der Waals surface area contributed by atoms with Gasteiger partial charge in [0.05, 0.1) is 0 Å². The Morgan fingerprint density at radius 3 is 2.50 bits per heavy atom. The van der Waals surface area contributed by atoms with Crippen LogP contribution in [0, 0.1) is 28.1 Å². The number of rotatable bonds is 0. The highest BCUT2D eigenvalue weighted by molar-refractivity contribution is 5.37. The van der Waals surface area contributed by atoms with Crippen molar-refractivity contribution >= 4 is 0 Å². The summed E-state index contributed by atoms with van der Waals surface area (Å²) in [6.45, 7) is 12.5. The Bertz CT molecular complexity index is 358. The highest BCUT2D eigenvalue weighted by Gasteiger charge is 2.64. The first-order valence-electron chi connectivity index (χ1n) is 7.02. The molecule has 0 saturated heterocycles. The Morgan fingerprint density at radius 1 is 1.12 bits per heavy atom. The van der Waals surface area contributed by atoms with E-state index in [1.807, 2.05) is 5.57 Å². The minimum absolute atomic E-state index is 0.490. The molecular weight excluding hydrogens is 192 g/mol. The molecule has 3 atom stereocenters. The maximum absolute atomic E-state index is 2.64. The average molecular weight is 218 g/mol. The van der Waals surface area contributed by atoms with Crippen molar-refractivity contribution in [3.63, 3.8) is 0 Å². The molecule has 3 unspecified atom stereocenters. The van der Waals surface area contributed by atoms with Crippen LogP contribution in [0.3, 0.4) is 0 Å². The van der Waals surface area contributed by atoms with Crippen LogP contribution in [-0.2, 0) is 0 Å². The number of allylic oxidation sites excluding steroid dienone is 2. The third-order valence-corrected chi connectivity index (χ3v) is 6.32. The molecule has 3 aliphatic carbocycles. The van der Waals surface area contributed by atoms with E-state index in [0.29, 0.717) is 16.2 Å². The van der Waals surface area contributed by atoms with Gasteiger partial charge in [0.25, 0.3) is 0 Å². The standard InChI is InChI=1S/C16H26/c1-11-8-13-15(4,5)12-6-7-16(13,10-12)14(2,3)9-11/h8,11-12H,6-7,9-10H2,1-5H3. The summed E-state index contributed by atoms with van der Waals surface area (Å²) in [5, 5.41) is 0. The van der Waals surface area contributed by atoms with Crippen LogP contribution in [-0.4, -0.2) is 0 Å². The lowest BCUT2D eigenvalue weighted by molar-refractivity contribution is 0.0742. The summed E-state index contributed by atoms with van der Waals surface area (Å²) in [5.74, 6) is 1.75. The van der Waals surface area contributed by atoms with Crippen molar-refractivity contribution in [2.75, 3.05) is 0 Å². The van der Waals surface area contributed by atoms with Gasteiger partial charge in [0.2, 0.25) is 0 Å². The molecule has 3 aliphatic rings. The maximum atomic E-state index is 2.64. The van der Waals surface area contributed by atoms with Crippen molar-refractivity contribution in [3.05, 3.63) is 11.6 Å². The van der Waals surface area contributed by atoms with Gasteiger partial charge in [0.15, 0.2) is 0 Å². The van der Waals surface area contributed by atoms with Gasteiger partial charge in [-0.3, -0.25) is 0 Å². The van der Waals surface area contributed by atoms with Gasteiger partial charge in [-0.15, -0.1) is 0 Å². The van der Waals surface area contributed by atoms with Crippen LogP contribution in [0.1, 0.15) is 60.3 Å². The van der Waals surface area contributed by atoms with E-state index >= 15 is 0 Å². The van der Waals surface area contributed by atoms with Crippen molar-refractivity contribution in [2.45, 2.75) is 60.3 Å². The Balaban J connectivity index is 2.18. The summed E-state index contributed by atoms with van der Waals surface area (Å²) in [4.78, 5) is 0. The zero-order chi connectivity index (χ0) is 11.8. The summed E-state index contributed by atoms with van der Waals surface area (Å²) in [6, 6.07) is 0. The monoisotopic (exact) mass is 218 g/mol. The molecule has 0 radical (unpaired) electrons. The van der Waals surface area contributed by atoms with Crippen LogP contribution in [0.4, 0.5) is 0 Å². The summed E-state index contributed by atoms with van der Waals surface area (Å²) in [5.41, 5.74) is 3.43. The Morgan fingerprint density at radius 2 is 1.81 bits per heavy atom. The molecule has 2 saturated carbocycles. The van der Waals surface area contributed by atoms with Crippen LogP contribution in [0.5, 0.6) is 0 Å². The molecule has 0 amide bonds. The van der Waals surface area contributed by atoms with E-state index in [4.69, 9.17) is 0 Å². The quantitative estimate of drug-likeness (QED) is 0.512. The maximum Gasteiger partial charge on any atom is -0.00282 e. The van der Waals surface area contributed by atoms with Crippen molar-refractivity contribution in [3.8, 4) is 0 Å². The van der Waals surface area contributed by atoms with Gasteiger partial charge in [0.1, 0.15) is 0 Å². The second kappa shape index (κ2) is 2.76. The summed E-state index contributed by atoms with van der Waals surface area (Å²) < 4.78 is 0. The molecule has 2 bridgehead atoms. The molecule has 0 aromatic rings.